The lowest BCUT2D eigenvalue weighted by molar-refractivity contribution is -0.660. The van der Waals surface area contributed by atoms with E-state index in [-0.39, 0.29) is 0 Å². The Morgan fingerprint density at radius 2 is 1.75 bits per heavy atom. The van der Waals surface area contributed by atoms with E-state index in [0.717, 1.165) is 12.0 Å². The molecule has 0 fully saturated rings. The van der Waals surface area contributed by atoms with Crippen molar-refractivity contribution < 1.29 is 5.94 Å². The highest BCUT2D eigenvalue weighted by Gasteiger charge is 2.23. The Labute approximate surface area is 146 Å². The molecule has 1 aliphatic rings. The zero-order chi connectivity index (χ0) is 17.8. The maximum atomic E-state index is 8.36. The van der Waals surface area contributed by atoms with Crippen LogP contribution in [0, 0.1) is 6.92 Å². The first kappa shape index (κ1) is 14.0. The van der Waals surface area contributed by atoms with Crippen molar-refractivity contribution in [2.75, 3.05) is 0 Å². The van der Waals surface area contributed by atoms with Gasteiger partial charge in [0.2, 0.25) is 5.69 Å². The van der Waals surface area contributed by atoms with Crippen LogP contribution in [-0.4, -0.2) is 0 Å². The monoisotopic (exact) mass is 315 g/mol. The van der Waals surface area contributed by atoms with Gasteiger partial charge in [-0.2, -0.15) is 0 Å². The summed E-state index contributed by atoms with van der Waals surface area (Å²) in [5.74, 6) is -0.593. The lowest BCUT2D eigenvalue weighted by Gasteiger charge is -2.12. The molecule has 0 atom stereocenters. The molecule has 1 nitrogen and oxygen atoms in total. The molecule has 1 aromatic heterocycles. The van der Waals surface area contributed by atoms with Crippen molar-refractivity contribution in [2.45, 2.75) is 33.1 Å². The molecule has 0 N–H and O–H groups in total. The van der Waals surface area contributed by atoms with Crippen LogP contribution in [0.3, 0.4) is 0 Å². The fraction of sp³-hybridized carbons (Fsp3) is 0.261. The van der Waals surface area contributed by atoms with Gasteiger partial charge in [0.15, 0.2) is 6.20 Å². The van der Waals surface area contributed by atoms with E-state index in [1.54, 1.807) is 0 Å². The van der Waals surface area contributed by atoms with Gasteiger partial charge in [0, 0.05) is 19.1 Å². The van der Waals surface area contributed by atoms with Crippen molar-refractivity contribution in [1.82, 2.24) is 0 Å². The average molecular weight is 315 g/mol. The van der Waals surface area contributed by atoms with Crippen LogP contribution in [0.2, 0.25) is 0 Å². The second-order valence-electron chi connectivity index (χ2n) is 7.01. The Morgan fingerprint density at radius 3 is 2.54 bits per heavy atom. The Bertz CT molecular complexity index is 980. The van der Waals surface area contributed by atoms with Gasteiger partial charge >= 0.3 is 0 Å². The molecule has 0 saturated carbocycles. The van der Waals surface area contributed by atoms with Crippen molar-refractivity contribution in [3.05, 3.63) is 77.0 Å². The number of fused-ring (bicyclic) bond motifs is 3. The van der Waals surface area contributed by atoms with Gasteiger partial charge < -0.3 is 0 Å². The van der Waals surface area contributed by atoms with Crippen LogP contribution >= 0.6 is 0 Å². The molecular weight excluding hydrogens is 290 g/mol. The highest BCUT2D eigenvalue weighted by Crippen LogP contribution is 2.40. The van der Waals surface area contributed by atoms with Gasteiger partial charge in [-0.15, -0.1) is 0 Å². The summed E-state index contributed by atoms with van der Waals surface area (Å²) in [5, 5.41) is 0. The molecule has 3 aromatic rings. The lowest BCUT2D eigenvalue weighted by Crippen LogP contribution is -2.31. The zero-order valence-corrected chi connectivity index (χ0v) is 14.9. The quantitative estimate of drug-likeness (QED) is 0.449. The molecule has 4 rings (SSSR count). The van der Waals surface area contributed by atoms with Crippen LogP contribution < -0.4 is 4.57 Å². The molecule has 2 aromatic carbocycles. The maximum Gasteiger partial charge on any atom is 0.212 e. The summed E-state index contributed by atoms with van der Waals surface area (Å²) in [6.07, 6.45) is 3.08. The van der Waals surface area contributed by atoms with E-state index in [0.29, 0.717) is 0 Å². The highest BCUT2D eigenvalue weighted by molar-refractivity contribution is 5.81. The first-order valence-corrected chi connectivity index (χ1v) is 8.57. The van der Waals surface area contributed by atoms with Gasteiger partial charge in [0.05, 0.1) is 0 Å². The second-order valence-corrected chi connectivity index (χ2v) is 7.01. The fourth-order valence-corrected chi connectivity index (χ4v) is 3.79. The van der Waals surface area contributed by atoms with Crippen LogP contribution in [0.5, 0.6) is 0 Å². The molecule has 120 valence electrons. The highest BCUT2D eigenvalue weighted by atomic mass is 14.9. The largest absolute Gasteiger partial charge is 0.212 e. The summed E-state index contributed by atoms with van der Waals surface area (Å²) in [6.45, 7) is 6.12. The fourth-order valence-electron chi connectivity index (χ4n) is 3.79. The number of rotatable bonds is 2. The zero-order valence-electron chi connectivity index (χ0n) is 15.9. The van der Waals surface area contributed by atoms with Crippen LogP contribution in [0.1, 0.15) is 43.4 Å². The van der Waals surface area contributed by atoms with E-state index in [2.05, 4.69) is 73.3 Å². The number of benzene rings is 2. The molecule has 0 unspecified atom stereocenters. The SMILES string of the molecule is [2H]C(C)(C)c1cc[n+](C)c(-c2ccc3c(c2C)Cc2ccccc2-3)c1. The molecule has 24 heavy (non-hydrogen) atoms. The molecule has 0 saturated heterocycles. The first-order valence-electron chi connectivity index (χ1n) is 9.07. The van der Waals surface area contributed by atoms with Crippen LogP contribution in [0.25, 0.3) is 22.4 Å². The number of nitrogens with zero attached hydrogens (tertiary/aromatic N) is 1. The lowest BCUT2D eigenvalue weighted by atomic mass is 9.93. The molecule has 0 radical (unpaired) electrons. The minimum Gasteiger partial charge on any atom is -0.201 e. The topological polar surface area (TPSA) is 3.88 Å². The third-order valence-electron chi connectivity index (χ3n) is 5.28. The number of hydrogen-bond donors (Lipinski definition) is 0. The number of aromatic nitrogens is 1. The van der Waals surface area contributed by atoms with Gasteiger partial charge in [0.25, 0.3) is 0 Å². The Morgan fingerprint density at radius 1 is 1.00 bits per heavy atom. The second kappa shape index (κ2) is 5.59. The molecule has 1 heterocycles. The first-order chi connectivity index (χ1) is 11.9. The smallest absolute Gasteiger partial charge is 0.201 e. The van der Waals surface area contributed by atoms with E-state index in [4.69, 9.17) is 1.37 Å². The summed E-state index contributed by atoms with van der Waals surface area (Å²) in [4.78, 5) is 0. The van der Waals surface area contributed by atoms with Gasteiger partial charge in [-0.3, -0.25) is 0 Å². The Balaban J connectivity index is 1.88. The van der Waals surface area contributed by atoms with E-state index in [1.165, 1.54) is 39.1 Å². The van der Waals surface area contributed by atoms with Crippen molar-refractivity contribution in [3.8, 4) is 22.4 Å². The molecule has 1 aliphatic carbocycles. The Kier molecular flexibility index (Phi) is 3.26. The molecule has 0 aliphatic heterocycles. The summed E-state index contributed by atoms with van der Waals surface area (Å²) in [5.41, 5.74) is 10.4. The molecule has 1 heteroatoms. The minimum absolute atomic E-state index is 0.593. The van der Waals surface area contributed by atoms with E-state index in [9.17, 15) is 0 Å². The molecular formula is C23H24N+. The van der Waals surface area contributed by atoms with Crippen molar-refractivity contribution in [1.29, 1.82) is 0 Å². The third kappa shape index (κ3) is 2.27. The predicted octanol–water partition coefficient (Wildman–Crippen LogP) is 5.18. The van der Waals surface area contributed by atoms with Crippen LogP contribution in [0.15, 0.2) is 54.7 Å². The van der Waals surface area contributed by atoms with Crippen molar-refractivity contribution in [2.24, 2.45) is 7.05 Å². The molecule has 0 spiro atoms. The summed E-state index contributed by atoms with van der Waals surface area (Å²) >= 11 is 0. The normalized spacial score (nSPS) is 13.4. The average Bonchev–Trinajstić information content (AvgIpc) is 2.95. The third-order valence-corrected chi connectivity index (χ3v) is 5.28. The van der Waals surface area contributed by atoms with Crippen molar-refractivity contribution in [3.63, 3.8) is 0 Å². The van der Waals surface area contributed by atoms with Crippen molar-refractivity contribution >= 4 is 0 Å². The predicted molar refractivity (Wildman–Crippen MR) is 100 cm³/mol. The van der Waals surface area contributed by atoms with Gasteiger partial charge in [0.1, 0.15) is 7.05 Å². The summed E-state index contributed by atoms with van der Waals surface area (Å²) < 4.78 is 10.5. The van der Waals surface area contributed by atoms with E-state index >= 15 is 0 Å². The Hall–Kier alpha value is -2.41. The van der Waals surface area contributed by atoms with Gasteiger partial charge in [-0.1, -0.05) is 44.2 Å². The van der Waals surface area contributed by atoms with Crippen LogP contribution in [0.4, 0.5) is 0 Å². The number of pyridine rings is 1. The number of aryl methyl sites for hydroxylation is 1. The maximum absolute atomic E-state index is 8.36. The number of hydrogen-bond acceptors (Lipinski definition) is 0. The van der Waals surface area contributed by atoms with E-state index in [1.807, 2.05) is 13.8 Å². The van der Waals surface area contributed by atoms with Crippen LogP contribution in [-0.2, 0) is 13.5 Å². The molecule has 0 amide bonds. The summed E-state index contributed by atoms with van der Waals surface area (Å²) in [6, 6.07) is 17.4. The molecule has 0 bridgehead atoms. The standard InChI is InChI=1S/C23H24N/c1-15(2)17-11-12-24(4)23(14-17)19-9-10-21-20-8-6-5-7-18(20)13-22(21)16(19)3/h5-12,14-15H,13H2,1-4H3/q+1/i15D. The van der Waals surface area contributed by atoms with E-state index < -0.39 is 5.89 Å². The summed E-state index contributed by atoms with van der Waals surface area (Å²) in [7, 11) is 2.08. The van der Waals surface area contributed by atoms with Gasteiger partial charge in [-0.25, -0.2) is 4.57 Å². The minimum atomic E-state index is -0.593. The van der Waals surface area contributed by atoms with Gasteiger partial charge in [-0.05, 0) is 58.7 Å².